The molecule has 0 spiro atoms. The standard InChI is InChI=1S/C10H19N3O/c1-6-8(3)12-13(9(6)4)10(5-14)7(2)11/h7,10,14H,5,11H2,1-4H3. The number of rotatable bonds is 3. The Morgan fingerprint density at radius 2 is 2.00 bits per heavy atom. The van der Waals surface area contributed by atoms with E-state index in [1.54, 1.807) is 0 Å². The second kappa shape index (κ2) is 4.11. The molecule has 1 aromatic heterocycles. The first-order chi connectivity index (χ1) is 6.49. The van der Waals surface area contributed by atoms with Crippen LogP contribution in [0.3, 0.4) is 0 Å². The molecule has 0 bridgehead atoms. The van der Waals surface area contributed by atoms with E-state index in [1.807, 2.05) is 32.4 Å². The van der Waals surface area contributed by atoms with E-state index in [2.05, 4.69) is 5.10 Å². The van der Waals surface area contributed by atoms with Crippen LogP contribution in [0, 0.1) is 20.8 Å². The van der Waals surface area contributed by atoms with E-state index < -0.39 is 0 Å². The number of hydrogen-bond acceptors (Lipinski definition) is 3. The topological polar surface area (TPSA) is 64.1 Å². The highest BCUT2D eigenvalue weighted by atomic mass is 16.3. The number of aliphatic hydroxyl groups is 1. The van der Waals surface area contributed by atoms with Crippen molar-refractivity contribution in [2.45, 2.75) is 39.8 Å². The van der Waals surface area contributed by atoms with Crippen LogP contribution in [0.1, 0.15) is 29.9 Å². The highest BCUT2D eigenvalue weighted by Gasteiger charge is 2.19. The van der Waals surface area contributed by atoms with Gasteiger partial charge < -0.3 is 10.8 Å². The summed E-state index contributed by atoms with van der Waals surface area (Å²) in [7, 11) is 0. The molecule has 3 N–H and O–H groups in total. The summed E-state index contributed by atoms with van der Waals surface area (Å²) in [6.07, 6.45) is 0. The molecule has 0 saturated heterocycles. The van der Waals surface area contributed by atoms with E-state index in [1.165, 1.54) is 5.56 Å². The summed E-state index contributed by atoms with van der Waals surface area (Å²) >= 11 is 0. The molecular formula is C10H19N3O. The zero-order chi connectivity index (χ0) is 10.9. The van der Waals surface area contributed by atoms with Crippen molar-refractivity contribution in [3.8, 4) is 0 Å². The first kappa shape index (κ1) is 11.2. The zero-order valence-corrected chi connectivity index (χ0v) is 9.28. The van der Waals surface area contributed by atoms with Gasteiger partial charge in [0, 0.05) is 11.7 Å². The number of aryl methyl sites for hydroxylation is 1. The average Bonchev–Trinajstić information content (AvgIpc) is 2.35. The fraction of sp³-hybridized carbons (Fsp3) is 0.700. The van der Waals surface area contributed by atoms with E-state index in [-0.39, 0.29) is 18.7 Å². The van der Waals surface area contributed by atoms with Crippen molar-refractivity contribution in [3.63, 3.8) is 0 Å². The molecule has 0 fully saturated rings. The molecule has 0 radical (unpaired) electrons. The molecule has 4 heteroatoms. The molecule has 0 aromatic carbocycles. The lowest BCUT2D eigenvalue weighted by Gasteiger charge is -2.20. The maximum atomic E-state index is 9.23. The van der Waals surface area contributed by atoms with Crippen LogP contribution in [0.2, 0.25) is 0 Å². The number of hydrogen-bond donors (Lipinski definition) is 2. The maximum Gasteiger partial charge on any atom is 0.0900 e. The molecule has 4 nitrogen and oxygen atoms in total. The van der Waals surface area contributed by atoms with Gasteiger partial charge in [0.25, 0.3) is 0 Å². The van der Waals surface area contributed by atoms with Crippen molar-refractivity contribution in [1.29, 1.82) is 0 Å². The number of nitrogens with two attached hydrogens (primary N) is 1. The Hall–Kier alpha value is -0.870. The summed E-state index contributed by atoms with van der Waals surface area (Å²) in [6, 6.07) is -0.222. The molecule has 14 heavy (non-hydrogen) atoms. The van der Waals surface area contributed by atoms with Crippen LogP contribution in [0.25, 0.3) is 0 Å². The molecule has 80 valence electrons. The molecule has 1 rings (SSSR count). The Kier molecular flexibility index (Phi) is 3.29. The number of aromatic nitrogens is 2. The smallest absolute Gasteiger partial charge is 0.0900 e. The fourth-order valence-corrected chi connectivity index (χ4v) is 1.53. The Balaban J connectivity index is 3.11. The van der Waals surface area contributed by atoms with E-state index in [9.17, 15) is 5.11 Å². The second-order valence-corrected chi connectivity index (χ2v) is 3.85. The van der Waals surface area contributed by atoms with Gasteiger partial charge in [-0.15, -0.1) is 0 Å². The monoisotopic (exact) mass is 197 g/mol. The van der Waals surface area contributed by atoms with Gasteiger partial charge >= 0.3 is 0 Å². The molecule has 0 aliphatic rings. The van der Waals surface area contributed by atoms with E-state index in [0.717, 1.165) is 11.4 Å². The zero-order valence-electron chi connectivity index (χ0n) is 9.28. The van der Waals surface area contributed by atoms with E-state index >= 15 is 0 Å². The fourth-order valence-electron chi connectivity index (χ4n) is 1.53. The van der Waals surface area contributed by atoms with Gasteiger partial charge in [0.1, 0.15) is 0 Å². The number of nitrogens with zero attached hydrogens (tertiary/aromatic N) is 2. The van der Waals surface area contributed by atoms with Crippen LogP contribution < -0.4 is 5.73 Å². The van der Waals surface area contributed by atoms with Crippen LogP contribution in [0.5, 0.6) is 0 Å². The predicted octanol–water partition coefficient (Wildman–Crippen LogP) is 0.689. The second-order valence-electron chi connectivity index (χ2n) is 3.85. The molecule has 0 aliphatic carbocycles. The van der Waals surface area contributed by atoms with Crippen LogP contribution in [-0.4, -0.2) is 27.5 Å². The Morgan fingerprint density at radius 1 is 1.43 bits per heavy atom. The third kappa shape index (κ3) is 1.81. The quantitative estimate of drug-likeness (QED) is 0.749. The summed E-state index contributed by atoms with van der Waals surface area (Å²) in [5.41, 5.74) is 9.04. The van der Waals surface area contributed by atoms with Gasteiger partial charge in [-0.2, -0.15) is 5.10 Å². The van der Waals surface area contributed by atoms with E-state index in [4.69, 9.17) is 5.73 Å². The van der Waals surface area contributed by atoms with Gasteiger partial charge in [-0.05, 0) is 33.3 Å². The molecule has 2 atom stereocenters. The third-order valence-electron chi connectivity index (χ3n) is 2.79. The van der Waals surface area contributed by atoms with Crippen molar-refractivity contribution in [1.82, 2.24) is 9.78 Å². The minimum Gasteiger partial charge on any atom is -0.394 e. The summed E-state index contributed by atoms with van der Waals surface area (Å²) in [5, 5.41) is 13.6. The van der Waals surface area contributed by atoms with Crippen LogP contribution >= 0.6 is 0 Å². The normalized spacial score (nSPS) is 15.6. The summed E-state index contributed by atoms with van der Waals surface area (Å²) in [6.45, 7) is 7.91. The molecule has 0 amide bonds. The Morgan fingerprint density at radius 3 is 2.29 bits per heavy atom. The van der Waals surface area contributed by atoms with Gasteiger partial charge in [0.15, 0.2) is 0 Å². The molecule has 0 saturated carbocycles. The van der Waals surface area contributed by atoms with Crippen LogP contribution in [-0.2, 0) is 0 Å². The van der Waals surface area contributed by atoms with Gasteiger partial charge in [0.2, 0.25) is 0 Å². The van der Waals surface area contributed by atoms with Crippen molar-refractivity contribution < 1.29 is 5.11 Å². The average molecular weight is 197 g/mol. The molecule has 1 aromatic rings. The van der Waals surface area contributed by atoms with Gasteiger partial charge in [-0.1, -0.05) is 0 Å². The minimum absolute atomic E-state index is 0.0269. The first-order valence-corrected chi connectivity index (χ1v) is 4.87. The molecule has 0 aliphatic heterocycles. The summed E-state index contributed by atoms with van der Waals surface area (Å²) in [4.78, 5) is 0. The van der Waals surface area contributed by atoms with Gasteiger partial charge in [-0.25, -0.2) is 0 Å². The molecular weight excluding hydrogens is 178 g/mol. The largest absolute Gasteiger partial charge is 0.394 e. The van der Waals surface area contributed by atoms with Crippen molar-refractivity contribution in [2.24, 2.45) is 5.73 Å². The van der Waals surface area contributed by atoms with Crippen LogP contribution in [0.4, 0.5) is 0 Å². The third-order valence-corrected chi connectivity index (χ3v) is 2.79. The van der Waals surface area contributed by atoms with Crippen molar-refractivity contribution >= 4 is 0 Å². The lowest BCUT2D eigenvalue weighted by molar-refractivity contribution is 0.199. The van der Waals surface area contributed by atoms with Gasteiger partial charge in [0.05, 0.1) is 18.3 Å². The highest BCUT2D eigenvalue weighted by Crippen LogP contribution is 2.17. The maximum absolute atomic E-state index is 9.23. The summed E-state index contributed by atoms with van der Waals surface area (Å²) in [5.74, 6) is 0. The Bertz CT molecular complexity index is 317. The SMILES string of the molecule is Cc1nn(C(CO)C(C)N)c(C)c1C. The molecule has 1 heterocycles. The minimum atomic E-state index is -0.123. The lowest BCUT2D eigenvalue weighted by Crippen LogP contribution is -2.33. The predicted molar refractivity (Wildman–Crippen MR) is 56.2 cm³/mol. The van der Waals surface area contributed by atoms with Gasteiger partial charge in [-0.3, -0.25) is 4.68 Å². The first-order valence-electron chi connectivity index (χ1n) is 4.87. The van der Waals surface area contributed by atoms with E-state index in [0.29, 0.717) is 0 Å². The Labute approximate surface area is 84.7 Å². The lowest BCUT2D eigenvalue weighted by atomic mass is 10.1. The summed E-state index contributed by atoms with van der Waals surface area (Å²) < 4.78 is 1.83. The van der Waals surface area contributed by atoms with Crippen LogP contribution in [0.15, 0.2) is 0 Å². The van der Waals surface area contributed by atoms with Crippen molar-refractivity contribution in [2.75, 3.05) is 6.61 Å². The number of aliphatic hydroxyl groups excluding tert-OH is 1. The van der Waals surface area contributed by atoms with Crippen molar-refractivity contribution in [3.05, 3.63) is 17.0 Å². The molecule has 2 unspecified atom stereocenters. The highest BCUT2D eigenvalue weighted by molar-refractivity contribution is 5.22.